The molecule has 0 saturated heterocycles. The van der Waals surface area contributed by atoms with Crippen LogP contribution in [0.25, 0.3) is 10.2 Å². The van der Waals surface area contributed by atoms with Crippen molar-refractivity contribution in [2.75, 3.05) is 11.4 Å². The summed E-state index contributed by atoms with van der Waals surface area (Å²) in [5.41, 5.74) is -2.24. The third-order valence-electron chi connectivity index (χ3n) is 5.54. The van der Waals surface area contributed by atoms with Crippen LogP contribution in [0.2, 0.25) is 0 Å². The summed E-state index contributed by atoms with van der Waals surface area (Å²) in [5.74, 6) is -0.991. The van der Waals surface area contributed by atoms with E-state index >= 15 is 0 Å². The van der Waals surface area contributed by atoms with Gasteiger partial charge < -0.3 is 4.57 Å². The number of fused-ring (bicyclic) bond motifs is 1. The zero-order valence-electron chi connectivity index (χ0n) is 19.3. The van der Waals surface area contributed by atoms with E-state index in [9.17, 15) is 31.1 Å². The Morgan fingerprint density at radius 3 is 2.30 bits per heavy atom. The van der Waals surface area contributed by atoms with Gasteiger partial charge in [-0.2, -0.15) is 26.3 Å². The number of rotatable bonds is 7. The maximum Gasteiger partial charge on any atom is 0.416 e. The summed E-state index contributed by atoms with van der Waals surface area (Å²) in [5, 5.41) is 0.201. The second-order valence-electron chi connectivity index (χ2n) is 8.02. The van der Waals surface area contributed by atoms with Gasteiger partial charge in [0, 0.05) is 31.0 Å². The standard InChI is InChI=1S/C24H20F6N4OS.ClH/c1-2-15-5-3-6-19-20(15)32-22(36-19)34(9-4-8-33-10-7-31-14-33)21(35)16-11-17(23(25,26)27)13-18(12-16)24(28,29)30;/h3,5-7,10-14H,2,4,8-9H2,1H3;1H. The van der Waals surface area contributed by atoms with E-state index in [1.165, 1.54) is 0 Å². The first-order chi connectivity index (χ1) is 17.0. The highest BCUT2D eigenvalue weighted by molar-refractivity contribution is 7.22. The minimum Gasteiger partial charge on any atom is -0.337 e. The molecular weight excluding hydrogens is 542 g/mol. The van der Waals surface area contributed by atoms with Crippen molar-refractivity contribution in [2.45, 2.75) is 38.7 Å². The fourth-order valence-corrected chi connectivity index (χ4v) is 4.78. The van der Waals surface area contributed by atoms with Gasteiger partial charge in [0.15, 0.2) is 5.13 Å². The van der Waals surface area contributed by atoms with Gasteiger partial charge in [0.2, 0.25) is 0 Å². The van der Waals surface area contributed by atoms with E-state index in [-0.39, 0.29) is 30.1 Å². The van der Waals surface area contributed by atoms with Crippen LogP contribution in [0.4, 0.5) is 31.5 Å². The maximum atomic E-state index is 13.5. The van der Waals surface area contributed by atoms with Crippen molar-refractivity contribution in [3.63, 3.8) is 0 Å². The molecule has 198 valence electrons. The Hall–Kier alpha value is -3.12. The molecule has 0 aliphatic heterocycles. The predicted molar refractivity (Wildman–Crippen MR) is 131 cm³/mol. The molecule has 0 bridgehead atoms. The Balaban J connectivity index is 0.00000380. The Bertz CT molecular complexity index is 1340. The predicted octanol–water partition coefficient (Wildman–Crippen LogP) is 7.25. The topological polar surface area (TPSA) is 51.0 Å². The fourth-order valence-electron chi connectivity index (χ4n) is 3.74. The number of anilines is 1. The zero-order valence-corrected chi connectivity index (χ0v) is 20.9. The summed E-state index contributed by atoms with van der Waals surface area (Å²) in [6.45, 7) is 2.39. The van der Waals surface area contributed by atoms with Gasteiger partial charge >= 0.3 is 12.4 Å². The lowest BCUT2D eigenvalue weighted by atomic mass is 10.0. The molecule has 0 fully saturated rings. The number of benzene rings is 2. The number of carbonyl (C=O) groups is 1. The molecule has 4 rings (SSSR count). The van der Waals surface area contributed by atoms with Crippen LogP contribution < -0.4 is 4.90 Å². The largest absolute Gasteiger partial charge is 0.416 e. The molecule has 0 aliphatic carbocycles. The zero-order chi connectivity index (χ0) is 26.1. The van der Waals surface area contributed by atoms with Crippen LogP contribution in [0.1, 0.15) is 40.4 Å². The molecule has 0 radical (unpaired) electrons. The van der Waals surface area contributed by atoms with Crippen molar-refractivity contribution in [1.29, 1.82) is 0 Å². The van der Waals surface area contributed by atoms with E-state index < -0.39 is 35.0 Å². The summed E-state index contributed by atoms with van der Waals surface area (Å²) in [6.07, 6.45) is -4.24. The normalized spacial score (nSPS) is 12.0. The average Bonchev–Trinajstić information content (AvgIpc) is 3.49. The number of hydrogen-bond donors (Lipinski definition) is 0. The number of imidazole rings is 1. The van der Waals surface area contributed by atoms with Gasteiger partial charge in [-0.1, -0.05) is 30.4 Å². The van der Waals surface area contributed by atoms with E-state index in [1.54, 1.807) is 29.4 Å². The Morgan fingerprint density at radius 2 is 1.73 bits per heavy atom. The van der Waals surface area contributed by atoms with Gasteiger partial charge in [-0.15, -0.1) is 12.4 Å². The highest BCUT2D eigenvalue weighted by Gasteiger charge is 2.38. The quantitative estimate of drug-likeness (QED) is 0.223. The molecule has 0 atom stereocenters. The number of nitrogens with zero attached hydrogens (tertiary/aromatic N) is 4. The van der Waals surface area contributed by atoms with Crippen molar-refractivity contribution in [2.24, 2.45) is 0 Å². The monoisotopic (exact) mass is 562 g/mol. The molecule has 2 aromatic heterocycles. The molecule has 5 nitrogen and oxygen atoms in total. The number of carbonyl (C=O) groups excluding carboxylic acids is 1. The summed E-state index contributed by atoms with van der Waals surface area (Å²) in [4.78, 5) is 23.1. The first-order valence-electron chi connectivity index (χ1n) is 10.9. The number of halogens is 7. The SMILES string of the molecule is CCc1cccc2sc(N(CCCn3ccnc3)C(=O)c3cc(C(F)(F)F)cc(C(F)(F)F)c3)nc12.Cl. The molecule has 2 aromatic carbocycles. The molecule has 13 heteroatoms. The number of alkyl halides is 6. The third kappa shape index (κ3) is 6.42. The van der Waals surface area contributed by atoms with Gasteiger partial charge in [0.1, 0.15) is 0 Å². The fraction of sp³-hybridized carbons (Fsp3) is 0.292. The Kier molecular flexibility index (Phi) is 8.53. The van der Waals surface area contributed by atoms with Gasteiger partial charge in [-0.05, 0) is 42.7 Å². The average molecular weight is 563 g/mol. The number of amides is 1. The number of hydrogen-bond acceptors (Lipinski definition) is 4. The molecular formula is C24H21ClF6N4OS. The number of aromatic nitrogens is 3. The van der Waals surface area contributed by atoms with Crippen LogP contribution in [0, 0.1) is 0 Å². The number of aryl methyl sites for hydroxylation is 2. The smallest absolute Gasteiger partial charge is 0.337 e. The molecule has 2 heterocycles. The van der Waals surface area contributed by atoms with Crippen LogP contribution in [-0.2, 0) is 25.3 Å². The lowest BCUT2D eigenvalue weighted by Crippen LogP contribution is -2.33. The number of thiazole rings is 1. The molecule has 37 heavy (non-hydrogen) atoms. The molecule has 0 N–H and O–H groups in total. The van der Waals surface area contributed by atoms with Gasteiger partial charge in [-0.3, -0.25) is 9.69 Å². The van der Waals surface area contributed by atoms with E-state index in [2.05, 4.69) is 9.97 Å². The van der Waals surface area contributed by atoms with Crippen LogP contribution in [0.5, 0.6) is 0 Å². The van der Waals surface area contributed by atoms with Crippen LogP contribution >= 0.6 is 23.7 Å². The first-order valence-corrected chi connectivity index (χ1v) is 11.7. The second-order valence-corrected chi connectivity index (χ2v) is 9.03. The minimum absolute atomic E-state index is 0. The van der Waals surface area contributed by atoms with Crippen LogP contribution in [0.3, 0.4) is 0 Å². The highest BCUT2D eigenvalue weighted by Crippen LogP contribution is 2.37. The molecule has 1 amide bonds. The molecule has 0 saturated carbocycles. The van der Waals surface area contributed by atoms with E-state index in [0.29, 0.717) is 37.0 Å². The van der Waals surface area contributed by atoms with Crippen molar-refractivity contribution in [1.82, 2.24) is 14.5 Å². The van der Waals surface area contributed by atoms with Gasteiger partial charge in [0.25, 0.3) is 5.91 Å². The lowest BCUT2D eigenvalue weighted by Gasteiger charge is -2.21. The highest BCUT2D eigenvalue weighted by atomic mass is 35.5. The van der Waals surface area contributed by atoms with Crippen LogP contribution in [-0.4, -0.2) is 27.0 Å². The maximum absolute atomic E-state index is 13.5. The van der Waals surface area contributed by atoms with Crippen molar-refractivity contribution >= 4 is 45.0 Å². The second kappa shape index (κ2) is 11.1. The summed E-state index contributed by atoms with van der Waals surface area (Å²) < 4.78 is 82.9. The number of para-hydroxylation sites is 1. The Labute approximate surface area is 218 Å². The van der Waals surface area contributed by atoms with E-state index in [4.69, 9.17) is 0 Å². The van der Waals surface area contributed by atoms with Crippen LogP contribution in [0.15, 0.2) is 55.1 Å². The van der Waals surface area contributed by atoms with Crippen molar-refractivity contribution in [3.8, 4) is 0 Å². The van der Waals surface area contributed by atoms with Crippen molar-refractivity contribution < 1.29 is 31.1 Å². The summed E-state index contributed by atoms with van der Waals surface area (Å²) in [7, 11) is 0. The van der Waals surface area contributed by atoms with Gasteiger partial charge in [0.05, 0.1) is 27.7 Å². The third-order valence-corrected chi connectivity index (χ3v) is 6.58. The molecule has 0 aliphatic rings. The lowest BCUT2D eigenvalue weighted by molar-refractivity contribution is -0.143. The first kappa shape index (κ1) is 28.5. The Morgan fingerprint density at radius 1 is 1.05 bits per heavy atom. The molecule has 4 aromatic rings. The summed E-state index contributed by atoms with van der Waals surface area (Å²) in [6, 6.07) is 6.41. The van der Waals surface area contributed by atoms with Crippen molar-refractivity contribution in [3.05, 3.63) is 77.4 Å². The summed E-state index contributed by atoms with van der Waals surface area (Å²) >= 11 is 1.16. The van der Waals surface area contributed by atoms with E-state index in [0.717, 1.165) is 26.5 Å². The molecule has 0 spiro atoms. The minimum atomic E-state index is -5.06. The molecule has 0 unspecified atom stereocenters. The van der Waals surface area contributed by atoms with E-state index in [1.807, 2.05) is 19.1 Å². The van der Waals surface area contributed by atoms with Gasteiger partial charge in [-0.25, -0.2) is 9.97 Å².